The first kappa shape index (κ1) is 33.3. The maximum atomic E-state index is 14.7. The number of carbonyl (C=O) groups excluding carboxylic acids is 4. The highest BCUT2D eigenvalue weighted by Crippen LogP contribution is 2.75. The van der Waals surface area contributed by atoms with Crippen LogP contribution in [0.2, 0.25) is 0 Å². The van der Waals surface area contributed by atoms with E-state index in [1.807, 2.05) is 26.8 Å². The van der Waals surface area contributed by atoms with Gasteiger partial charge in [0.1, 0.15) is 17.4 Å². The third kappa shape index (κ3) is 4.34. The van der Waals surface area contributed by atoms with Gasteiger partial charge in [0.2, 0.25) is 5.91 Å². The lowest BCUT2D eigenvalue weighted by Crippen LogP contribution is -2.74. The Balaban J connectivity index is 1.33. The highest BCUT2D eigenvalue weighted by atomic mass is 16.3. The zero-order valence-corrected chi connectivity index (χ0v) is 29.0. The fourth-order valence-electron chi connectivity index (χ4n) is 11.1. The van der Waals surface area contributed by atoms with Crippen LogP contribution in [0.1, 0.15) is 104 Å². The van der Waals surface area contributed by atoms with Gasteiger partial charge in [0.25, 0.3) is 5.91 Å². The van der Waals surface area contributed by atoms with Gasteiger partial charge in [0.05, 0.1) is 12.1 Å². The van der Waals surface area contributed by atoms with Crippen molar-refractivity contribution in [3.05, 3.63) is 41.3 Å². The van der Waals surface area contributed by atoms with Gasteiger partial charge in [-0.25, -0.2) is 0 Å². The number of Topliss-reactive ketones (excluding diaryl/α,β-unsaturated/α-hetero) is 1. The molecular formula is C37H49N5O5. The molecule has 0 unspecified atom stereocenters. The summed E-state index contributed by atoms with van der Waals surface area (Å²) >= 11 is 0. The van der Waals surface area contributed by atoms with Crippen molar-refractivity contribution < 1.29 is 24.3 Å². The highest BCUT2D eigenvalue weighted by molar-refractivity contribution is 6.05. The molecule has 1 aromatic heterocycles. The predicted octanol–water partition coefficient (Wildman–Crippen LogP) is 4.35. The molecule has 252 valence electrons. The second kappa shape index (κ2) is 10.2. The molecule has 0 aliphatic heterocycles. The Morgan fingerprint density at radius 1 is 1.04 bits per heavy atom. The van der Waals surface area contributed by atoms with Gasteiger partial charge in [-0.3, -0.25) is 23.9 Å². The Bertz CT molecular complexity index is 1700. The molecule has 3 fully saturated rings. The monoisotopic (exact) mass is 643 g/mol. The van der Waals surface area contributed by atoms with Crippen molar-refractivity contribution in [3.63, 3.8) is 0 Å². The van der Waals surface area contributed by atoms with E-state index in [0.717, 1.165) is 24.8 Å². The molecule has 10 heteroatoms. The lowest BCUT2D eigenvalue weighted by molar-refractivity contribution is -0.240. The quantitative estimate of drug-likeness (QED) is 0.441. The van der Waals surface area contributed by atoms with Crippen molar-refractivity contribution >= 4 is 23.4 Å². The van der Waals surface area contributed by atoms with Crippen molar-refractivity contribution in [2.45, 2.75) is 105 Å². The minimum Gasteiger partial charge on any atom is -0.381 e. The molecule has 6 rings (SSSR count). The van der Waals surface area contributed by atoms with E-state index >= 15 is 0 Å². The van der Waals surface area contributed by atoms with Crippen molar-refractivity contribution in [1.82, 2.24) is 20.4 Å². The molecule has 10 nitrogen and oxygen atoms in total. The van der Waals surface area contributed by atoms with E-state index in [-0.39, 0.29) is 40.9 Å². The minimum absolute atomic E-state index is 0.0815. The summed E-state index contributed by atoms with van der Waals surface area (Å²) in [6.07, 6.45) is 9.79. The van der Waals surface area contributed by atoms with Crippen LogP contribution >= 0.6 is 0 Å². The molecule has 0 spiro atoms. The molecule has 0 bridgehead atoms. The number of amides is 2. The molecule has 1 aromatic rings. The van der Waals surface area contributed by atoms with Gasteiger partial charge in [-0.15, -0.1) is 0 Å². The topological polar surface area (TPSA) is 154 Å². The van der Waals surface area contributed by atoms with Crippen molar-refractivity contribution in [2.24, 2.45) is 46.0 Å². The Morgan fingerprint density at radius 2 is 1.72 bits per heavy atom. The van der Waals surface area contributed by atoms with E-state index < -0.39 is 44.6 Å². The molecule has 5 aliphatic carbocycles. The largest absolute Gasteiger partial charge is 0.381 e. The number of hydrogen-bond acceptors (Lipinski definition) is 7. The van der Waals surface area contributed by atoms with E-state index in [1.165, 1.54) is 10.9 Å². The SMILES string of the molecule is Cn1nccc1C(=O)NCC(=O)N[C@@]1(C)CC[C@]2(C)CC[C@@]3(C)[C@]4(C)CC[C@H]5C(C)(C)C(=O)C(C#N)=C[C@]5(C)C4=CC(=O)[C@]3(O)[C@@H]2C1. The van der Waals surface area contributed by atoms with Gasteiger partial charge < -0.3 is 15.7 Å². The van der Waals surface area contributed by atoms with Gasteiger partial charge >= 0.3 is 0 Å². The van der Waals surface area contributed by atoms with E-state index in [0.29, 0.717) is 31.4 Å². The lowest BCUT2D eigenvalue weighted by Gasteiger charge is -2.71. The highest BCUT2D eigenvalue weighted by Gasteiger charge is 2.75. The molecule has 8 atom stereocenters. The molecule has 0 radical (unpaired) electrons. The van der Waals surface area contributed by atoms with Crippen LogP contribution in [-0.4, -0.2) is 56.0 Å². The molecular weight excluding hydrogens is 594 g/mol. The number of aryl methyl sites for hydroxylation is 1. The minimum atomic E-state index is -1.68. The molecule has 2 amide bonds. The average Bonchev–Trinajstić information content (AvgIpc) is 3.44. The maximum Gasteiger partial charge on any atom is 0.269 e. The zero-order valence-electron chi connectivity index (χ0n) is 29.0. The number of nitrogens with zero attached hydrogens (tertiary/aromatic N) is 3. The van der Waals surface area contributed by atoms with Crippen LogP contribution in [0.5, 0.6) is 0 Å². The third-order valence-electron chi connectivity index (χ3n) is 14.2. The molecule has 3 N–H and O–H groups in total. The molecule has 0 aromatic carbocycles. The van der Waals surface area contributed by atoms with Crippen LogP contribution in [-0.2, 0) is 21.4 Å². The standard InChI is InChI=1S/C37H49N5O5/c1-31(2)24-9-11-35(6)25(34(24,5)18-22(20-38)29(31)45)17-27(43)37(47)26-19-33(4,14-12-32(26,3)13-15-36(35,37)7)41-28(44)21-39-30(46)23-10-16-40-42(23)8/h10,16-18,24,26,47H,9,11-15,19,21H2,1-8H3,(H,39,46)(H,41,44)/t24-,26+,32+,33-,34-,35+,36-,37+/m0/s1. The summed E-state index contributed by atoms with van der Waals surface area (Å²) in [7, 11) is 1.66. The Hall–Kier alpha value is -3.58. The van der Waals surface area contributed by atoms with Gasteiger partial charge in [-0.2, -0.15) is 10.4 Å². The van der Waals surface area contributed by atoms with E-state index in [1.54, 1.807) is 19.2 Å². The van der Waals surface area contributed by atoms with Crippen LogP contribution < -0.4 is 10.6 Å². The Labute approximate surface area is 277 Å². The summed E-state index contributed by atoms with van der Waals surface area (Å²) in [5.74, 6) is -1.69. The smallest absolute Gasteiger partial charge is 0.269 e. The Kier molecular flexibility index (Phi) is 7.24. The number of aliphatic hydroxyl groups is 1. The average molecular weight is 644 g/mol. The van der Waals surface area contributed by atoms with Crippen molar-refractivity contribution in [3.8, 4) is 6.07 Å². The van der Waals surface area contributed by atoms with Crippen LogP contribution in [0.3, 0.4) is 0 Å². The second-order valence-corrected chi connectivity index (χ2v) is 17.0. The first-order valence-electron chi connectivity index (χ1n) is 17.0. The number of carbonyl (C=O) groups is 4. The van der Waals surface area contributed by atoms with Gasteiger partial charge in [-0.05, 0) is 86.3 Å². The van der Waals surface area contributed by atoms with Crippen LogP contribution in [0.4, 0.5) is 0 Å². The summed E-state index contributed by atoms with van der Waals surface area (Å²) in [4.78, 5) is 53.8. The number of nitriles is 1. The van der Waals surface area contributed by atoms with Gasteiger partial charge in [0.15, 0.2) is 11.6 Å². The Morgan fingerprint density at radius 3 is 2.36 bits per heavy atom. The molecule has 47 heavy (non-hydrogen) atoms. The molecule has 0 saturated heterocycles. The second-order valence-electron chi connectivity index (χ2n) is 17.0. The number of rotatable bonds is 4. The molecule has 1 heterocycles. The van der Waals surface area contributed by atoms with E-state index in [4.69, 9.17) is 0 Å². The fourth-order valence-corrected chi connectivity index (χ4v) is 11.1. The molecule has 5 aliphatic rings. The number of nitrogens with one attached hydrogen (secondary N) is 2. The van der Waals surface area contributed by atoms with Gasteiger partial charge in [0, 0.05) is 40.9 Å². The number of allylic oxidation sites excluding steroid dienone is 3. The number of aromatic nitrogens is 2. The summed E-state index contributed by atoms with van der Waals surface area (Å²) in [5, 5.41) is 32.9. The van der Waals surface area contributed by atoms with Crippen molar-refractivity contribution in [2.75, 3.05) is 6.54 Å². The number of hydrogen-bond donors (Lipinski definition) is 3. The lowest BCUT2D eigenvalue weighted by atomic mass is 9.33. The summed E-state index contributed by atoms with van der Waals surface area (Å²) < 4.78 is 1.44. The van der Waals surface area contributed by atoms with Crippen LogP contribution in [0.25, 0.3) is 0 Å². The zero-order chi connectivity index (χ0) is 34.6. The maximum absolute atomic E-state index is 14.7. The summed E-state index contributed by atoms with van der Waals surface area (Å²) in [5.41, 5.74) is -4.10. The molecule has 3 saturated carbocycles. The summed E-state index contributed by atoms with van der Waals surface area (Å²) in [6, 6.07) is 3.72. The van der Waals surface area contributed by atoms with Crippen molar-refractivity contribution in [1.29, 1.82) is 5.26 Å². The van der Waals surface area contributed by atoms with E-state index in [2.05, 4.69) is 49.5 Å². The third-order valence-corrected chi connectivity index (χ3v) is 14.2. The number of ketones is 2. The summed E-state index contributed by atoms with van der Waals surface area (Å²) in [6.45, 7) is 14.1. The first-order chi connectivity index (χ1) is 21.7. The normalized spacial score (nSPS) is 42.0. The van der Waals surface area contributed by atoms with Crippen LogP contribution in [0.15, 0.2) is 35.6 Å². The fraction of sp³-hybridized carbons (Fsp3) is 0.676. The number of fused-ring (bicyclic) bond motifs is 7. The predicted molar refractivity (Wildman–Crippen MR) is 174 cm³/mol. The van der Waals surface area contributed by atoms with Crippen LogP contribution in [0, 0.1) is 50.2 Å². The van der Waals surface area contributed by atoms with Gasteiger partial charge in [-0.1, -0.05) is 47.6 Å². The van der Waals surface area contributed by atoms with E-state index in [9.17, 15) is 29.5 Å². The first-order valence-corrected chi connectivity index (χ1v) is 17.0.